The van der Waals surface area contributed by atoms with Crippen LogP contribution in [0.1, 0.15) is 15.9 Å². The van der Waals surface area contributed by atoms with E-state index in [0.717, 1.165) is 16.7 Å². The van der Waals surface area contributed by atoms with Crippen molar-refractivity contribution in [3.05, 3.63) is 96.1 Å². The molecule has 0 saturated carbocycles. The van der Waals surface area contributed by atoms with Crippen LogP contribution in [0.4, 0.5) is 0 Å². The van der Waals surface area contributed by atoms with Gasteiger partial charge in [0.25, 0.3) is 0 Å². The molecule has 0 saturated heterocycles. The highest BCUT2D eigenvalue weighted by atomic mass is 16.3. The van der Waals surface area contributed by atoms with Crippen LogP contribution in [0, 0.1) is 0 Å². The number of rotatable bonds is 4. The normalized spacial score (nSPS) is 10.8. The number of benzene rings is 3. The summed E-state index contributed by atoms with van der Waals surface area (Å²) in [5.74, 6) is -0.0404. The molecule has 3 aromatic rings. The Bertz CT molecular complexity index is 848. The molecule has 0 fully saturated rings. The topological polar surface area (TPSA) is 37.3 Å². The molecule has 0 unspecified atom stereocenters. The second-order valence-corrected chi connectivity index (χ2v) is 5.24. The standard InChI is InChI=1S/C21H16O2/c22-20-11-5-10-19(15-20)21(23)13-12-16-6-4-9-18(14-16)17-7-2-1-3-8-17/h1-15,22H. The lowest BCUT2D eigenvalue weighted by Gasteiger charge is -2.02. The van der Waals surface area contributed by atoms with E-state index in [1.54, 1.807) is 24.3 Å². The van der Waals surface area contributed by atoms with E-state index in [9.17, 15) is 9.90 Å². The van der Waals surface area contributed by atoms with Crippen LogP contribution in [0.25, 0.3) is 17.2 Å². The molecule has 0 heterocycles. The zero-order valence-electron chi connectivity index (χ0n) is 12.5. The molecule has 112 valence electrons. The van der Waals surface area contributed by atoms with E-state index in [4.69, 9.17) is 0 Å². The lowest BCUT2D eigenvalue weighted by Crippen LogP contribution is -1.93. The first-order chi connectivity index (χ1) is 11.2. The van der Waals surface area contributed by atoms with Gasteiger partial charge in [-0.3, -0.25) is 4.79 Å². The maximum atomic E-state index is 12.1. The SMILES string of the molecule is O=C(C=Cc1cccc(-c2ccccc2)c1)c1cccc(O)c1. The molecule has 0 aliphatic carbocycles. The molecule has 0 spiro atoms. The number of aromatic hydroxyl groups is 1. The van der Waals surface area contributed by atoms with Gasteiger partial charge in [0.1, 0.15) is 5.75 Å². The van der Waals surface area contributed by atoms with Gasteiger partial charge in [-0.05, 0) is 41.0 Å². The molecular formula is C21H16O2. The van der Waals surface area contributed by atoms with E-state index in [-0.39, 0.29) is 11.5 Å². The minimum Gasteiger partial charge on any atom is -0.508 e. The van der Waals surface area contributed by atoms with Crippen LogP contribution in [-0.4, -0.2) is 10.9 Å². The molecule has 2 nitrogen and oxygen atoms in total. The van der Waals surface area contributed by atoms with Gasteiger partial charge >= 0.3 is 0 Å². The van der Waals surface area contributed by atoms with E-state index in [1.165, 1.54) is 12.1 Å². The quantitative estimate of drug-likeness (QED) is 0.546. The third kappa shape index (κ3) is 3.74. The number of phenols is 1. The van der Waals surface area contributed by atoms with Crippen LogP contribution in [0.3, 0.4) is 0 Å². The van der Waals surface area contributed by atoms with Crippen LogP contribution < -0.4 is 0 Å². The summed E-state index contributed by atoms with van der Waals surface area (Å²) in [7, 11) is 0. The minimum atomic E-state index is -0.133. The highest BCUT2D eigenvalue weighted by Gasteiger charge is 2.02. The third-order valence-corrected chi connectivity index (χ3v) is 3.55. The van der Waals surface area contributed by atoms with Gasteiger partial charge < -0.3 is 5.11 Å². The van der Waals surface area contributed by atoms with E-state index < -0.39 is 0 Å². The number of ketones is 1. The lowest BCUT2D eigenvalue weighted by atomic mass is 10.0. The summed E-state index contributed by atoms with van der Waals surface area (Å²) in [5, 5.41) is 9.43. The molecule has 0 aliphatic heterocycles. The van der Waals surface area contributed by atoms with Crippen molar-refractivity contribution < 1.29 is 9.90 Å². The molecule has 0 radical (unpaired) electrons. The largest absolute Gasteiger partial charge is 0.508 e. The summed E-state index contributed by atoms with van der Waals surface area (Å²) in [6, 6.07) is 24.5. The summed E-state index contributed by atoms with van der Waals surface area (Å²) in [4.78, 5) is 12.1. The van der Waals surface area contributed by atoms with Crippen molar-refractivity contribution in [3.63, 3.8) is 0 Å². The Labute approximate surface area is 135 Å². The first-order valence-corrected chi connectivity index (χ1v) is 7.39. The van der Waals surface area contributed by atoms with Crippen molar-refractivity contribution >= 4 is 11.9 Å². The van der Waals surface area contributed by atoms with Crippen LogP contribution in [0.2, 0.25) is 0 Å². The van der Waals surface area contributed by atoms with Gasteiger partial charge in [-0.25, -0.2) is 0 Å². The first-order valence-electron chi connectivity index (χ1n) is 7.39. The Morgan fingerprint density at radius 3 is 2.30 bits per heavy atom. The van der Waals surface area contributed by atoms with Gasteiger partial charge in [-0.1, -0.05) is 66.7 Å². The third-order valence-electron chi connectivity index (χ3n) is 3.55. The molecule has 23 heavy (non-hydrogen) atoms. The second kappa shape index (κ2) is 6.75. The second-order valence-electron chi connectivity index (χ2n) is 5.24. The predicted octanol–water partition coefficient (Wildman–Crippen LogP) is 4.96. The summed E-state index contributed by atoms with van der Waals surface area (Å²) >= 11 is 0. The van der Waals surface area contributed by atoms with Crippen LogP contribution in [-0.2, 0) is 0 Å². The zero-order chi connectivity index (χ0) is 16.1. The number of carbonyl (C=O) groups is 1. The molecule has 3 rings (SSSR count). The number of phenolic OH excluding ortho intramolecular Hbond substituents is 1. The Morgan fingerprint density at radius 2 is 1.52 bits per heavy atom. The van der Waals surface area contributed by atoms with E-state index >= 15 is 0 Å². The number of carbonyl (C=O) groups excluding carboxylic acids is 1. The fourth-order valence-electron chi connectivity index (χ4n) is 2.38. The van der Waals surface area contributed by atoms with Gasteiger partial charge in [-0.2, -0.15) is 0 Å². The van der Waals surface area contributed by atoms with Crippen LogP contribution in [0.15, 0.2) is 84.9 Å². The fourth-order valence-corrected chi connectivity index (χ4v) is 2.38. The van der Waals surface area contributed by atoms with Crippen molar-refractivity contribution in [1.29, 1.82) is 0 Å². The summed E-state index contributed by atoms with van der Waals surface area (Å²) in [5.41, 5.74) is 3.68. The molecule has 2 heteroatoms. The van der Waals surface area contributed by atoms with Crippen molar-refractivity contribution in [1.82, 2.24) is 0 Å². The van der Waals surface area contributed by atoms with Gasteiger partial charge in [0.2, 0.25) is 0 Å². The number of hydrogen-bond donors (Lipinski definition) is 1. The zero-order valence-corrected chi connectivity index (χ0v) is 12.5. The Kier molecular flexibility index (Phi) is 4.34. The highest BCUT2D eigenvalue weighted by molar-refractivity contribution is 6.07. The van der Waals surface area contributed by atoms with Gasteiger partial charge in [0, 0.05) is 5.56 Å². The minimum absolute atomic E-state index is 0.0929. The molecule has 0 atom stereocenters. The average Bonchev–Trinajstić information content (AvgIpc) is 2.61. The first kappa shape index (κ1) is 14.8. The number of hydrogen-bond acceptors (Lipinski definition) is 2. The van der Waals surface area contributed by atoms with Gasteiger partial charge in [0.05, 0.1) is 0 Å². The van der Waals surface area contributed by atoms with Crippen LogP contribution >= 0.6 is 0 Å². The molecule has 1 N–H and O–H groups in total. The predicted molar refractivity (Wildman–Crippen MR) is 93.3 cm³/mol. The lowest BCUT2D eigenvalue weighted by molar-refractivity contribution is 0.104. The summed E-state index contributed by atoms with van der Waals surface area (Å²) in [6.45, 7) is 0. The average molecular weight is 300 g/mol. The number of allylic oxidation sites excluding steroid dienone is 1. The smallest absolute Gasteiger partial charge is 0.185 e. The Balaban J connectivity index is 1.82. The van der Waals surface area contributed by atoms with Crippen molar-refractivity contribution in [2.45, 2.75) is 0 Å². The summed E-state index contributed by atoms with van der Waals surface area (Å²) in [6.07, 6.45) is 3.32. The van der Waals surface area contributed by atoms with Crippen molar-refractivity contribution in [3.8, 4) is 16.9 Å². The molecule has 0 aromatic heterocycles. The molecular weight excluding hydrogens is 284 g/mol. The van der Waals surface area contributed by atoms with Crippen LogP contribution in [0.5, 0.6) is 5.75 Å². The molecule has 0 aliphatic rings. The van der Waals surface area contributed by atoms with Crippen molar-refractivity contribution in [2.24, 2.45) is 0 Å². The maximum Gasteiger partial charge on any atom is 0.185 e. The Hall–Kier alpha value is -3.13. The van der Waals surface area contributed by atoms with E-state index in [0.29, 0.717) is 5.56 Å². The molecule has 0 bridgehead atoms. The van der Waals surface area contributed by atoms with Gasteiger partial charge in [0.15, 0.2) is 5.78 Å². The maximum absolute atomic E-state index is 12.1. The van der Waals surface area contributed by atoms with E-state index in [1.807, 2.05) is 42.5 Å². The van der Waals surface area contributed by atoms with E-state index in [2.05, 4.69) is 12.1 Å². The monoisotopic (exact) mass is 300 g/mol. The summed E-state index contributed by atoms with van der Waals surface area (Å²) < 4.78 is 0. The van der Waals surface area contributed by atoms with Gasteiger partial charge in [-0.15, -0.1) is 0 Å². The molecule has 3 aromatic carbocycles. The Morgan fingerprint density at radius 1 is 0.783 bits per heavy atom. The fraction of sp³-hybridized carbons (Fsp3) is 0. The molecule has 0 amide bonds. The highest BCUT2D eigenvalue weighted by Crippen LogP contribution is 2.21. The van der Waals surface area contributed by atoms with Crippen molar-refractivity contribution in [2.75, 3.05) is 0 Å².